The molecule has 0 bridgehead atoms. The van der Waals surface area contributed by atoms with Crippen molar-refractivity contribution in [2.45, 2.75) is 32.0 Å². The van der Waals surface area contributed by atoms with Gasteiger partial charge in [0.05, 0.1) is 5.56 Å². The smallest absolute Gasteiger partial charge is 0.341 e. The van der Waals surface area contributed by atoms with E-state index in [4.69, 9.17) is 14.2 Å². The van der Waals surface area contributed by atoms with E-state index in [0.29, 0.717) is 29.9 Å². The normalized spacial score (nSPS) is 24.7. The number of hydrogen-bond acceptors (Lipinski definition) is 5. The number of ether oxygens (including phenoxy) is 3. The number of carbonyl (C=O) groups is 1. The fourth-order valence-corrected chi connectivity index (χ4v) is 2.41. The van der Waals surface area contributed by atoms with Gasteiger partial charge < -0.3 is 19.3 Å². The third kappa shape index (κ3) is 1.71. The molecule has 0 saturated carbocycles. The number of hydrogen-bond donors (Lipinski definition) is 1. The molecule has 0 radical (unpaired) electrons. The van der Waals surface area contributed by atoms with E-state index >= 15 is 0 Å². The molecule has 1 atom stereocenters. The summed E-state index contributed by atoms with van der Waals surface area (Å²) < 4.78 is 15.6. The predicted octanol–water partition coefficient (Wildman–Crippen LogP) is 1.62. The summed E-state index contributed by atoms with van der Waals surface area (Å²) in [4.78, 5) is 11.9. The van der Waals surface area contributed by atoms with Gasteiger partial charge in [0.2, 0.25) is 12.6 Å². The molecule has 18 heavy (non-hydrogen) atoms. The first kappa shape index (κ1) is 11.3. The molecular weight excluding hydrogens is 236 g/mol. The third-order valence-electron chi connectivity index (χ3n) is 3.21. The monoisotopic (exact) mass is 250 g/mol. The molecule has 0 amide bonds. The molecule has 0 saturated heterocycles. The maximum absolute atomic E-state index is 11.9. The van der Waals surface area contributed by atoms with Crippen LogP contribution in [-0.4, -0.2) is 23.7 Å². The molecule has 5 nitrogen and oxygen atoms in total. The number of cyclic esters (lactones) is 1. The molecule has 96 valence electrons. The zero-order valence-electron chi connectivity index (χ0n) is 10.1. The van der Waals surface area contributed by atoms with Gasteiger partial charge in [-0.3, -0.25) is 0 Å². The number of esters is 1. The lowest BCUT2D eigenvalue weighted by Gasteiger charge is -2.32. The van der Waals surface area contributed by atoms with E-state index < -0.39 is 11.8 Å². The minimum absolute atomic E-state index is 0.159. The molecule has 1 unspecified atom stereocenters. The van der Waals surface area contributed by atoms with Crippen LogP contribution in [-0.2, 0) is 11.2 Å². The lowest BCUT2D eigenvalue weighted by atomic mass is 9.93. The lowest BCUT2D eigenvalue weighted by Crippen LogP contribution is -2.41. The van der Waals surface area contributed by atoms with E-state index in [9.17, 15) is 9.90 Å². The van der Waals surface area contributed by atoms with Crippen molar-refractivity contribution in [2.24, 2.45) is 0 Å². The summed E-state index contributed by atoms with van der Waals surface area (Å²) in [6, 6.07) is 3.37. The van der Waals surface area contributed by atoms with Gasteiger partial charge in [-0.05, 0) is 24.1 Å². The average Bonchev–Trinajstić information content (AvgIpc) is 2.73. The summed E-state index contributed by atoms with van der Waals surface area (Å²) in [6.45, 7) is 2.09. The van der Waals surface area contributed by atoms with Crippen LogP contribution in [0.1, 0.15) is 35.7 Å². The van der Waals surface area contributed by atoms with Gasteiger partial charge in [0.25, 0.3) is 0 Å². The highest BCUT2D eigenvalue weighted by molar-refractivity contribution is 5.93. The van der Waals surface area contributed by atoms with Crippen LogP contribution in [0.15, 0.2) is 12.1 Å². The van der Waals surface area contributed by atoms with Crippen LogP contribution in [0.3, 0.4) is 0 Å². The van der Waals surface area contributed by atoms with Gasteiger partial charge in [0.1, 0.15) is 0 Å². The molecule has 0 spiro atoms. The average molecular weight is 250 g/mol. The van der Waals surface area contributed by atoms with Crippen molar-refractivity contribution in [3.63, 3.8) is 0 Å². The topological polar surface area (TPSA) is 65.0 Å². The number of carbonyl (C=O) groups excluding carboxylic acids is 1. The maximum Gasteiger partial charge on any atom is 0.341 e. The van der Waals surface area contributed by atoms with Crippen molar-refractivity contribution in [1.29, 1.82) is 0 Å². The van der Waals surface area contributed by atoms with Crippen molar-refractivity contribution in [3.8, 4) is 11.5 Å². The summed E-state index contributed by atoms with van der Waals surface area (Å²) in [5, 5.41) is 10.2. The van der Waals surface area contributed by atoms with Gasteiger partial charge in [0, 0.05) is 12.8 Å². The van der Waals surface area contributed by atoms with Gasteiger partial charge >= 0.3 is 5.97 Å². The summed E-state index contributed by atoms with van der Waals surface area (Å²) in [5.41, 5.74) is 1.19. The number of rotatable bonds is 2. The highest BCUT2D eigenvalue weighted by atomic mass is 16.7. The van der Waals surface area contributed by atoms with Gasteiger partial charge in [-0.25, -0.2) is 4.79 Å². The van der Waals surface area contributed by atoms with Crippen LogP contribution in [0.5, 0.6) is 11.5 Å². The molecule has 2 aliphatic rings. The Hall–Kier alpha value is -1.75. The standard InChI is InChI=1S/C13H14O5/c1-2-3-13(15)6-8-4-10-11(17-7-16-10)5-9(8)12(14)18-13/h4-5,15H,2-3,6-7H2,1H3. The first-order valence-electron chi connectivity index (χ1n) is 5.99. The summed E-state index contributed by atoms with van der Waals surface area (Å²) >= 11 is 0. The lowest BCUT2D eigenvalue weighted by molar-refractivity contribution is -0.173. The molecule has 2 heterocycles. The third-order valence-corrected chi connectivity index (χ3v) is 3.21. The van der Waals surface area contributed by atoms with Crippen molar-refractivity contribution in [1.82, 2.24) is 0 Å². The second-order valence-corrected chi connectivity index (χ2v) is 4.63. The molecule has 1 aromatic carbocycles. The van der Waals surface area contributed by atoms with Crippen molar-refractivity contribution in [3.05, 3.63) is 23.3 Å². The summed E-state index contributed by atoms with van der Waals surface area (Å²) in [7, 11) is 0. The Morgan fingerprint density at radius 3 is 2.78 bits per heavy atom. The predicted molar refractivity (Wildman–Crippen MR) is 61.5 cm³/mol. The fraction of sp³-hybridized carbons (Fsp3) is 0.462. The van der Waals surface area contributed by atoms with Crippen LogP contribution in [0.25, 0.3) is 0 Å². The first-order valence-corrected chi connectivity index (χ1v) is 5.99. The Labute approximate surface area is 104 Å². The largest absolute Gasteiger partial charge is 0.454 e. The Bertz CT molecular complexity index is 510. The number of aliphatic hydroxyl groups is 1. The van der Waals surface area contributed by atoms with E-state index in [0.717, 1.165) is 12.0 Å². The van der Waals surface area contributed by atoms with Crippen LogP contribution < -0.4 is 9.47 Å². The van der Waals surface area contributed by atoms with Crippen LogP contribution in [0, 0.1) is 0 Å². The highest BCUT2D eigenvalue weighted by Crippen LogP contribution is 2.39. The summed E-state index contributed by atoms with van der Waals surface area (Å²) in [5.74, 6) is -0.744. The second-order valence-electron chi connectivity index (χ2n) is 4.63. The fourth-order valence-electron chi connectivity index (χ4n) is 2.41. The van der Waals surface area contributed by atoms with Crippen molar-refractivity contribution in [2.75, 3.05) is 6.79 Å². The zero-order valence-corrected chi connectivity index (χ0v) is 10.1. The molecule has 1 aromatic rings. The molecule has 0 aliphatic carbocycles. The van der Waals surface area contributed by atoms with E-state index in [1.54, 1.807) is 12.1 Å². The minimum atomic E-state index is -1.40. The SMILES string of the molecule is CCCC1(O)Cc2cc3c(cc2C(=O)O1)OCO3. The zero-order chi connectivity index (χ0) is 12.8. The van der Waals surface area contributed by atoms with E-state index in [1.165, 1.54) is 0 Å². The van der Waals surface area contributed by atoms with Crippen LogP contribution >= 0.6 is 0 Å². The van der Waals surface area contributed by atoms with E-state index in [-0.39, 0.29) is 6.79 Å². The molecule has 3 rings (SSSR count). The molecule has 5 heteroatoms. The summed E-state index contributed by atoms with van der Waals surface area (Å²) in [6.07, 6.45) is 1.45. The molecular formula is C13H14O5. The van der Waals surface area contributed by atoms with Crippen molar-refractivity contribution < 1.29 is 24.1 Å². The Kier molecular flexibility index (Phi) is 2.45. The van der Waals surface area contributed by atoms with Gasteiger partial charge in [-0.1, -0.05) is 6.92 Å². The Morgan fingerprint density at radius 2 is 2.06 bits per heavy atom. The van der Waals surface area contributed by atoms with E-state index in [2.05, 4.69) is 0 Å². The van der Waals surface area contributed by atoms with Gasteiger partial charge in [0.15, 0.2) is 11.5 Å². The first-order chi connectivity index (χ1) is 8.61. The quantitative estimate of drug-likeness (QED) is 0.808. The van der Waals surface area contributed by atoms with E-state index in [1.807, 2.05) is 6.92 Å². The number of benzene rings is 1. The maximum atomic E-state index is 11.9. The minimum Gasteiger partial charge on any atom is -0.454 e. The number of fused-ring (bicyclic) bond motifs is 2. The second kappa shape index (κ2) is 3.88. The Balaban J connectivity index is 2.01. The molecule has 2 aliphatic heterocycles. The van der Waals surface area contributed by atoms with Crippen LogP contribution in [0.2, 0.25) is 0 Å². The van der Waals surface area contributed by atoms with Crippen molar-refractivity contribution >= 4 is 5.97 Å². The molecule has 0 fully saturated rings. The molecule has 0 aromatic heterocycles. The van der Waals surface area contributed by atoms with Gasteiger partial charge in [-0.2, -0.15) is 0 Å². The molecule has 1 N–H and O–H groups in total. The highest BCUT2D eigenvalue weighted by Gasteiger charge is 2.39. The van der Waals surface area contributed by atoms with Gasteiger partial charge in [-0.15, -0.1) is 0 Å². The van der Waals surface area contributed by atoms with Crippen LogP contribution in [0.4, 0.5) is 0 Å². The Morgan fingerprint density at radius 1 is 1.33 bits per heavy atom.